The molecule has 11 heavy (non-hydrogen) atoms. The fourth-order valence-electron chi connectivity index (χ4n) is 2.82. The van der Waals surface area contributed by atoms with Crippen LogP contribution >= 0.6 is 0 Å². The van der Waals surface area contributed by atoms with Crippen LogP contribution in [0.25, 0.3) is 0 Å². The van der Waals surface area contributed by atoms with Gasteiger partial charge in [-0.2, -0.15) is 0 Å². The van der Waals surface area contributed by atoms with Gasteiger partial charge in [-0.1, -0.05) is 13.3 Å². The highest BCUT2D eigenvalue weighted by atomic mass is 15.2. The summed E-state index contributed by atoms with van der Waals surface area (Å²) < 4.78 is 0. The second-order valence-corrected chi connectivity index (χ2v) is 4.47. The van der Waals surface area contributed by atoms with Crippen LogP contribution in [0.5, 0.6) is 0 Å². The fraction of sp³-hybridized carbons (Fsp3) is 1.00. The molecule has 1 nitrogen and oxygen atoms in total. The highest BCUT2D eigenvalue weighted by molar-refractivity contribution is 4.89. The Balaban J connectivity index is 2.03. The predicted octanol–water partition coefficient (Wildman–Crippen LogP) is 2.27. The molecule has 2 aliphatic rings. The van der Waals surface area contributed by atoms with Crippen LogP contribution < -0.4 is 0 Å². The summed E-state index contributed by atoms with van der Waals surface area (Å²) in [5, 5.41) is 0. The van der Waals surface area contributed by atoms with Gasteiger partial charge in [0.15, 0.2) is 0 Å². The van der Waals surface area contributed by atoms with Crippen LogP contribution in [0.2, 0.25) is 0 Å². The van der Waals surface area contributed by atoms with E-state index in [4.69, 9.17) is 0 Å². The molecule has 0 aromatic heterocycles. The number of nitrogens with zero attached hydrogens (tertiary/aromatic N) is 1. The van der Waals surface area contributed by atoms with Gasteiger partial charge in [0.25, 0.3) is 0 Å². The molecular formula is C10H19N. The molecule has 0 saturated carbocycles. The van der Waals surface area contributed by atoms with Crippen molar-refractivity contribution in [2.24, 2.45) is 5.92 Å². The molecule has 0 N–H and O–H groups in total. The van der Waals surface area contributed by atoms with Crippen LogP contribution in [0.1, 0.15) is 39.5 Å². The Kier molecular flexibility index (Phi) is 1.92. The first-order chi connectivity index (χ1) is 5.27. The van der Waals surface area contributed by atoms with Gasteiger partial charge in [-0.15, -0.1) is 0 Å². The molecule has 0 radical (unpaired) electrons. The monoisotopic (exact) mass is 153 g/mol. The summed E-state index contributed by atoms with van der Waals surface area (Å²) in [6, 6.07) is 1.83. The molecule has 0 unspecified atom stereocenters. The lowest BCUT2D eigenvalue weighted by atomic mass is 9.97. The summed E-state index contributed by atoms with van der Waals surface area (Å²) in [4.78, 5) is 2.73. The zero-order valence-corrected chi connectivity index (χ0v) is 7.71. The standard InChI is InChI=1S/C10H19N/c1-8-6-10-5-3-4-9(2)11(10)7-8/h8-10H,3-7H2,1-2H3/t8-,9+,10+/m0/s1. The number of hydrogen-bond acceptors (Lipinski definition) is 1. The molecule has 0 aliphatic carbocycles. The van der Waals surface area contributed by atoms with Gasteiger partial charge in [-0.25, -0.2) is 0 Å². The minimum absolute atomic E-state index is 0.874. The Bertz CT molecular complexity index is 144. The van der Waals surface area contributed by atoms with Gasteiger partial charge in [-0.05, 0) is 32.1 Å². The highest BCUT2D eigenvalue weighted by Gasteiger charge is 2.34. The third-order valence-electron chi connectivity index (χ3n) is 3.39. The van der Waals surface area contributed by atoms with Crippen LogP contribution in [0.15, 0.2) is 0 Å². The molecule has 1 heteroatoms. The molecule has 3 atom stereocenters. The minimum atomic E-state index is 0.874. The summed E-state index contributed by atoms with van der Waals surface area (Å²) in [5.74, 6) is 0.959. The Morgan fingerprint density at radius 2 is 2.00 bits per heavy atom. The van der Waals surface area contributed by atoms with Crippen LogP contribution in [0.3, 0.4) is 0 Å². The van der Waals surface area contributed by atoms with E-state index in [0.29, 0.717) is 0 Å². The van der Waals surface area contributed by atoms with Crippen LogP contribution in [-0.2, 0) is 0 Å². The summed E-state index contributed by atoms with van der Waals surface area (Å²) in [7, 11) is 0. The molecule has 0 aromatic carbocycles. The van der Waals surface area contributed by atoms with Crippen molar-refractivity contribution in [2.45, 2.75) is 51.6 Å². The second kappa shape index (κ2) is 2.78. The Hall–Kier alpha value is -0.0400. The van der Waals surface area contributed by atoms with Crippen LogP contribution in [-0.4, -0.2) is 23.5 Å². The van der Waals surface area contributed by atoms with Crippen LogP contribution in [0.4, 0.5) is 0 Å². The van der Waals surface area contributed by atoms with Gasteiger partial charge in [0.1, 0.15) is 0 Å². The first kappa shape index (κ1) is 7.60. The van der Waals surface area contributed by atoms with E-state index in [9.17, 15) is 0 Å². The van der Waals surface area contributed by atoms with Crippen molar-refractivity contribution in [3.05, 3.63) is 0 Å². The van der Waals surface area contributed by atoms with E-state index in [1.807, 2.05) is 0 Å². The van der Waals surface area contributed by atoms with Crippen molar-refractivity contribution < 1.29 is 0 Å². The molecule has 2 aliphatic heterocycles. The van der Waals surface area contributed by atoms with Crippen LogP contribution in [0, 0.1) is 5.92 Å². The largest absolute Gasteiger partial charge is 0.297 e. The van der Waals surface area contributed by atoms with Crippen molar-refractivity contribution in [2.75, 3.05) is 6.54 Å². The first-order valence-electron chi connectivity index (χ1n) is 5.03. The fourth-order valence-corrected chi connectivity index (χ4v) is 2.82. The molecule has 2 rings (SSSR count). The zero-order chi connectivity index (χ0) is 7.84. The average Bonchev–Trinajstić information content (AvgIpc) is 2.31. The lowest BCUT2D eigenvalue weighted by molar-refractivity contribution is 0.133. The zero-order valence-electron chi connectivity index (χ0n) is 7.71. The van der Waals surface area contributed by atoms with Gasteiger partial charge in [0, 0.05) is 18.6 Å². The maximum Gasteiger partial charge on any atom is 0.0101 e. The quantitative estimate of drug-likeness (QED) is 0.516. The van der Waals surface area contributed by atoms with Crippen molar-refractivity contribution in [1.82, 2.24) is 4.90 Å². The maximum absolute atomic E-state index is 2.73. The summed E-state index contributed by atoms with van der Waals surface area (Å²) in [6.07, 6.45) is 5.83. The minimum Gasteiger partial charge on any atom is -0.297 e. The van der Waals surface area contributed by atoms with E-state index >= 15 is 0 Å². The second-order valence-electron chi connectivity index (χ2n) is 4.47. The molecule has 64 valence electrons. The van der Waals surface area contributed by atoms with Crippen molar-refractivity contribution in [1.29, 1.82) is 0 Å². The van der Waals surface area contributed by atoms with Crippen molar-refractivity contribution in [3.8, 4) is 0 Å². The normalized spacial score (nSPS) is 45.8. The SMILES string of the molecule is C[C@H]1C[C@H]2CCC[C@@H](C)N2C1. The molecule has 2 fully saturated rings. The molecule has 0 bridgehead atoms. The van der Waals surface area contributed by atoms with Gasteiger partial charge in [0.2, 0.25) is 0 Å². The summed E-state index contributed by atoms with van der Waals surface area (Å²) in [5.41, 5.74) is 0. The van der Waals surface area contributed by atoms with E-state index in [-0.39, 0.29) is 0 Å². The third kappa shape index (κ3) is 1.31. The third-order valence-corrected chi connectivity index (χ3v) is 3.39. The average molecular weight is 153 g/mol. The Labute approximate surface area is 69.8 Å². The topological polar surface area (TPSA) is 3.24 Å². The lowest BCUT2D eigenvalue weighted by Gasteiger charge is -2.35. The van der Waals surface area contributed by atoms with Crippen molar-refractivity contribution >= 4 is 0 Å². The molecule has 2 heterocycles. The van der Waals surface area contributed by atoms with Gasteiger partial charge < -0.3 is 0 Å². The molecular weight excluding hydrogens is 134 g/mol. The Morgan fingerprint density at radius 3 is 2.73 bits per heavy atom. The maximum atomic E-state index is 2.73. The van der Waals surface area contributed by atoms with Gasteiger partial charge in [-0.3, -0.25) is 4.90 Å². The summed E-state index contributed by atoms with van der Waals surface area (Å²) in [6.45, 7) is 6.15. The predicted molar refractivity (Wildman–Crippen MR) is 47.6 cm³/mol. The molecule has 0 amide bonds. The number of fused-ring (bicyclic) bond motifs is 1. The number of rotatable bonds is 0. The number of hydrogen-bond donors (Lipinski definition) is 0. The highest BCUT2D eigenvalue weighted by Crippen LogP contribution is 2.33. The number of piperidine rings is 1. The molecule has 0 aromatic rings. The van der Waals surface area contributed by atoms with Gasteiger partial charge >= 0.3 is 0 Å². The van der Waals surface area contributed by atoms with E-state index < -0.39 is 0 Å². The summed E-state index contributed by atoms with van der Waals surface area (Å²) >= 11 is 0. The molecule has 0 spiro atoms. The van der Waals surface area contributed by atoms with E-state index in [0.717, 1.165) is 18.0 Å². The lowest BCUT2D eigenvalue weighted by Crippen LogP contribution is -2.40. The molecule has 2 saturated heterocycles. The van der Waals surface area contributed by atoms with E-state index in [1.165, 1.54) is 32.2 Å². The first-order valence-corrected chi connectivity index (χ1v) is 5.03. The van der Waals surface area contributed by atoms with E-state index in [1.54, 1.807) is 0 Å². The van der Waals surface area contributed by atoms with Crippen molar-refractivity contribution in [3.63, 3.8) is 0 Å². The smallest absolute Gasteiger partial charge is 0.0101 e. The van der Waals surface area contributed by atoms with Gasteiger partial charge in [0.05, 0.1) is 0 Å². The van der Waals surface area contributed by atoms with E-state index in [2.05, 4.69) is 18.7 Å². The Morgan fingerprint density at radius 1 is 1.18 bits per heavy atom.